The number of hydrogen-bond acceptors (Lipinski definition) is 2. The molecule has 0 radical (unpaired) electrons. The van der Waals surface area contributed by atoms with Gasteiger partial charge in [0.05, 0.1) is 22.4 Å². The van der Waals surface area contributed by atoms with Gasteiger partial charge in [-0.25, -0.2) is 9.97 Å². The molecule has 0 aliphatic heterocycles. The average molecular weight is 714 g/mol. The van der Waals surface area contributed by atoms with Gasteiger partial charge in [0.1, 0.15) is 0 Å². The van der Waals surface area contributed by atoms with Crippen molar-refractivity contribution in [3.05, 3.63) is 211 Å². The van der Waals surface area contributed by atoms with Crippen molar-refractivity contribution < 1.29 is 0 Å². The molecule has 0 atom stereocenters. The standard InChI is InChI=1S/C53H35N3/c1-4-14-35(15-5-1)36-26-28-37(29-27-36)51-47-34-42-33-40(30-31-45(42)52(47)55-53(54-51)38-16-6-2-7-17-38)39-18-12-19-41(32-39)44-23-13-25-49-50(44)46-22-10-11-24-48(46)56(49)43-20-8-3-9-21-43/h1-33H,34H2. The predicted molar refractivity (Wildman–Crippen MR) is 232 cm³/mol. The Bertz CT molecular complexity index is 3070. The van der Waals surface area contributed by atoms with Gasteiger partial charge in [0.15, 0.2) is 5.82 Å². The van der Waals surface area contributed by atoms with E-state index in [9.17, 15) is 0 Å². The summed E-state index contributed by atoms with van der Waals surface area (Å²) >= 11 is 0. The number of rotatable bonds is 6. The molecule has 8 aromatic carbocycles. The maximum Gasteiger partial charge on any atom is 0.160 e. The highest BCUT2D eigenvalue weighted by Crippen LogP contribution is 2.44. The van der Waals surface area contributed by atoms with Crippen LogP contribution < -0.4 is 0 Å². The Morgan fingerprint density at radius 3 is 1.75 bits per heavy atom. The van der Waals surface area contributed by atoms with Gasteiger partial charge in [0, 0.05) is 45.1 Å². The summed E-state index contributed by atoms with van der Waals surface area (Å²) in [5, 5.41) is 2.52. The van der Waals surface area contributed by atoms with E-state index >= 15 is 0 Å². The number of hydrogen-bond donors (Lipinski definition) is 0. The van der Waals surface area contributed by atoms with Crippen LogP contribution in [-0.2, 0) is 6.42 Å². The maximum atomic E-state index is 5.25. The largest absolute Gasteiger partial charge is 0.309 e. The van der Waals surface area contributed by atoms with Crippen molar-refractivity contribution in [2.45, 2.75) is 6.42 Å². The van der Waals surface area contributed by atoms with Crippen LogP contribution in [0.25, 0.3) is 94.8 Å². The zero-order valence-corrected chi connectivity index (χ0v) is 30.6. The second-order valence-electron chi connectivity index (χ2n) is 14.5. The summed E-state index contributed by atoms with van der Waals surface area (Å²) in [5.74, 6) is 0.749. The molecule has 0 fully saturated rings. The second-order valence-corrected chi connectivity index (χ2v) is 14.5. The lowest BCUT2D eigenvalue weighted by Gasteiger charge is -2.12. The molecule has 262 valence electrons. The average Bonchev–Trinajstić information content (AvgIpc) is 3.83. The molecule has 0 spiro atoms. The summed E-state index contributed by atoms with van der Waals surface area (Å²) in [6, 6.07) is 71.7. The fourth-order valence-corrected chi connectivity index (χ4v) is 8.60. The minimum absolute atomic E-state index is 0.749. The molecule has 3 nitrogen and oxygen atoms in total. The molecule has 0 saturated carbocycles. The van der Waals surface area contributed by atoms with Crippen LogP contribution in [0.15, 0.2) is 200 Å². The monoisotopic (exact) mass is 713 g/mol. The fourth-order valence-electron chi connectivity index (χ4n) is 8.60. The van der Waals surface area contributed by atoms with Crippen LogP contribution in [0.1, 0.15) is 11.1 Å². The molecule has 0 saturated heterocycles. The minimum atomic E-state index is 0.749. The highest BCUT2D eigenvalue weighted by Gasteiger charge is 2.27. The summed E-state index contributed by atoms with van der Waals surface area (Å²) < 4.78 is 2.38. The van der Waals surface area contributed by atoms with Crippen LogP contribution in [0.2, 0.25) is 0 Å². The number of nitrogens with zero attached hydrogens (tertiary/aromatic N) is 3. The van der Waals surface area contributed by atoms with E-state index in [0.29, 0.717) is 0 Å². The van der Waals surface area contributed by atoms with Gasteiger partial charge >= 0.3 is 0 Å². The van der Waals surface area contributed by atoms with Gasteiger partial charge in [-0.1, -0.05) is 170 Å². The third-order valence-corrected chi connectivity index (χ3v) is 11.3. The molecule has 11 rings (SSSR count). The van der Waals surface area contributed by atoms with Gasteiger partial charge in [-0.15, -0.1) is 0 Å². The normalized spacial score (nSPS) is 11.9. The van der Waals surface area contributed by atoms with Gasteiger partial charge in [-0.3, -0.25) is 0 Å². The van der Waals surface area contributed by atoms with Crippen molar-refractivity contribution >= 4 is 21.8 Å². The Kier molecular flexibility index (Phi) is 7.56. The van der Waals surface area contributed by atoms with Gasteiger partial charge in [-0.2, -0.15) is 0 Å². The third kappa shape index (κ3) is 5.36. The Labute approximate surface area is 325 Å². The van der Waals surface area contributed by atoms with Gasteiger partial charge in [-0.05, 0) is 69.3 Å². The number of para-hydroxylation sites is 2. The van der Waals surface area contributed by atoms with E-state index in [1.165, 1.54) is 71.9 Å². The van der Waals surface area contributed by atoms with Crippen LogP contribution in [0.5, 0.6) is 0 Å². The smallest absolute Gasteiger partial charge is 0.160 e. The van der Waals surface area contributed by atoms with Crippen molar-refractivity contribution in [3.8, 4) is 73.0 Å². The Hall–Kier alpha value is -7.36. The van der Waals surface area contributed by atoms with Crippen LogP contribution in [0.4, 0.5) is 0 Å². The predicted octanol–water partition coefficient (Wildman–Crippen LogP) is 13.5. The first-order valence-corrected chi connectivity index (χ1v) is 19.2. The summed E-state index contributed by atoms with van der Waals surface area (Å²) in [6.45, 7) is 0. The van der Waals surface area contributed by atoms with Gasteiger partial charge < -0.3 is 4.57 Å². The molecule has 2 aromatic heterocycles. The number of fused-ring (bicyclic) bond motifs is 6. The van der Waals surface area contributed by atoms with Gasteiger partial charge in [0.25, 0.3) is 0 Å². The van der Waals surface area contributed by atoms with Crippen LogP contribution in [0.3, 0.4) is 0 Å². The van der Waals surface area contributed by atoms with E-state index in [1.54, 1.807) is 0 Å². The zero-order chi connectivity index (χ0) is 37.0. The molecule has 3 heteroatoms. The van der Waals surface area contributed by atoms with E-state index in [0.717, 1.165) is 40.4 Å². The summed E-state index contributed by atoms with van der Waals surface area (Å²) in [5.41, 5.74) is 18.6. The lowest BCUT2D eigenvalue weighted by Crippen LogP contribution is -1.99. The zero-order valence-electron chi connectivity index (χ0n) is 30.6. The fraction of sp³-hybridized carbons (Fsp3) is 0.0189. The highest BCUT2D eigenvalue weighted by molar-refractivity contribution is 6.15. The molecule has 1 aliphatic rings. The molecule has 0 unspecified atom stereocenters. The second kappa shape index (κ2) is 13.2. The summed E-state index contributed by atoms with van der Waals surface area (Å²) in [4.78, 5) is 10.5. The Balaban J connectivity index is 1.000. The SMILES string of the molecule is c1ccc(-c2ccc(-c3nc(-c4ccccc4)nc4c3Cc3cc(-c5cccc(-c6cccc7c6c6ccccc6n7-c6ccccc6)c5)ccc3-4)cc2)cc1. The van der Waals surface area contributed by atoms with Crippen LogP contribution in [0, 0.1) is 0 Å². The topological polar surface area (TPSA) is 30.7 Å². The van der Waals surface area contributed by atoms with Crippen molar-refractivity contribution in [1.29, 1.82) is 0 Å². The summed E-state index contributed by atoms with van der Waals surface area (Å²) in [7, 11) is 0. The Morgan fingerprint density at radius 1 is 0.375 bits per heavy atom. The molecule has 2 heterocycles. The van der Waals surface area contributed by atoms with Crippen molar-refractivity contribution in [2.24, 2.45) is 0 Å². The molecular formula is C53H35N3. The molecule has 0 N–H and O–H groups in total. The van der Waals surface area contributed by atoms with E-state index < -0.39 is 0 Å². The van der Waals surface area contributed by atoms with Crippen LogP contribution in [-0.4, -0.2) is 14.5 Å². The maximum absolute atomic E-state index is 5.25. The van der Waals surface area contributed by atoms with Gasteiger partial charge in [0.2, 0.25) is 0 Å². The van der Waals surface area contributed by atoms with E-state index in [1.807, 2.05) is 6.07 Å². The minimum Gasteiger partial charge on any atom is -0.309 e. The molecule has 0 bridgehead atoms. The highest BCUT2D eigenvalue weighted by atomic mass is 15.0. The molecule has 1 aliphatic carbocycles. The molecular weight excluding hydrogens is 679 g/mol. The first-order valence-electron chi connectivity index (χ1n) is 19.2. The molecule has 56 heavy (non-hydrogen) atoms. The summed E-state index contributed by atoms with van der Waals surface area (Å²) in [6.07, 6.45) is 0.779. The number of benzene rings is 8. The quantitative estimate of drug-likeness (QED) is 0.172. The van der Waals surface area contributed by atoms with Crippen molar-refractivity contribution in [3.63, 3.8) is 0 Å². The van der Waals surface area contributed by atoms with E-state index in [4.69, 9.17) is 9.97 Å². The first-order chi connectivity index (χ1) is 27.8. The lowest BCUT2D eigenvalue weighted by atomic mass is 9.94. The number of aromatic nitrogens is 3. The van der Waals surface area contributed by atoms with Crippen LogP contribution >= 0.6 is 0 Å². The van der Waals surface area contributed by atoms with E-state index in [2.05, 4.69) is 199 Å². The first kappa shape index (κ1) is 32.1. The van der Waals surface area contributed by atoms with Crippen molar-refractivity contribution in [1.82, 2.24) is 14.5 Å². The Morgan fingerprint density at radius 2 is 0.946 bits per heavy atom. The van der Waals surface area contributed by atoms with E-state index in [-0.39, 0.29) is 0 Å². The van der Waals surface area contributed by atoms with Crippen molar-refractivity contribution in [2.75, 3.05) is 0 Å². The third-order valence-electron chi connectivity index (χ3n) is 11.3. The molecule has 10 aromatic rings. The molecule has 0 amide bonds. The lowest BCUT2D eigenvalue weighted by molar-refractivity contribution is 1.13.